The maximum atomic E-state index is 12.1. The van der Waals surface area contributed by atoms with E-state index >= 15 is 0 Å². The van der Waals surface area contributed by atoms with Gasteiger partial charge in [0.05, 0.1) is 84.7 Å². The van der Waals surface area contributed by atoms with Crippen LogP contribution in [0.25, 0.3) is 10.9 Å². The summed E-state index contributed by atoms with van der Waals surface area (Å²) in [7, 11) is 0. The molecule has 2 aromatic rings. The average Bonchev–Trinajstić information content (AvgIpc) is 3.67. The number of nitrogens with one attached hydrogen (secondary N) is 2. The second-order valence-corrected chi connectivity index (χ2v) is 16.1. The first kappa shape index (κ1) is 46.9. The van der Waals surface area contributed by atoms with Gasteiger partial charge in [0.15, 0.2) is 0 Å². The molecule has 1 aromatic heterocycles. The highest BCUT2D eigenvalue weighted by molar-refractivity contribution is 9.11. The molecule has 328 valence electrons. The van der Waals surface area contributed by atoms with E-state index in [0.717, 1.165) is 25.7 Å². The molecule has 3 aliphatic rings. The number of ether oxygens (including phenoxy) is 8. The SMILES string of the molecule is O=C(CCCOCCOCCNC(=O)OCCOCCOCCOc1c(Br)cc2[nH]cc(O[C@@H]3C[C@H](C(=O)O)[C@@H](O)[C@H](O)[C@H]3O)c2c1Br)OCC1[C@H]2CCC#CCC[C@@H]12. The summed E-state index contributed by atoms with van der Waals surface area (Å²) >= 11 is 7.05. The van der Waals surface area contributed by atoms with Crippen molar-refractivity contribution in [1.82, 2.24) is 10.3 Å². The summed E-state index contributed by atoms with van der Waals surface area (Å²) in [5.41, 5.74) is 0.653. The Bertz CT molecular complexity index is 1720. The van der Waals surface area contributed by atoms with Crippen LogP contribution < -0.4 is 14.8 Å². The van der Waals surface area contributed by atoms with Crippen molar-refractivity contribution in [2.75, 3.05) is 79.2 Å². The molecule has 0 spiro atoms. The molecule has 1 amide bonds. The fourth-order valence-electron chi connectivity index (χ4n) is 7.29. The van der Waals surface area contributed by atoms with Gasteiger partial charge in [-0.3, -0.25) is 9.59 Å². The van der Waals surface area contributed by atoms with Gasteiger partial charge in [0, 0.05) is 45.0 Å². The number of carbonyl (C=O) groups excluding carboxylic acids is 2. The number of aromatic amines is 1. The summed E-state index contributed by atoms with van der Waals surface area (Å²) < 4.78 is 45.7. The number of aliphatic carboxylic acids is 1. The molecular weight excluding hydrogens is 908 g/mol. The topological polar surface area (TPSA) is 234 Å². The van der Waals surface area contributed by atoms with E-state index in [2.05, 4.69) is 54.0 Å². The van der Waals surface area contributed by atoms with E-state index in [0.29, 0.717) is 89.2 Å². The number of halogens is 2. The van der Waals surface area contributed by atoms with Crippen molar-refractivity contribution in [3.8, 4) is 23.3 Å². The van der Waals surface area contributed by atoms with E-state index in [4.69, 9.17) is 37.9 Å². The van der Waals surface area contributed by atoms with Crippen LogP contribution in [0.5, 0.6) is 11.5 Å². The zero-order valence-corrected chi connectivity index (χ0v) is 35.9. The van der Waals surface area contributed by atoms with E-state index in [1.807, 2.05) is 0 Å². The first-order chi connectivity index (χ1) is 28.6. The van der Waals surface area contributed by atoms with Gasteiger partial charge in [0.25, 0.3) is 0 Å². The lowest BCUT2D eigenvalue weighted by atomic mass is 9.81. The Morgan fingerprint density at radius 1 is 0.814 bits per heavy atom. The van der Waals surface area contributed by atoms with Crippen LogP contribution in [0.4, 0.5) is 4.79 Å². The molecule has 0 saturated heterocycles. The van der Waals surface area contributed by atoms with Crippen LogP contribution in [0.2, 0.25) is 0 Å². The van der Waals surface area contributed by atoms with Gasteiger partial charge in [-0.05, 0) is 74.9 Å². The zero-order valence-electron chi connectivity index (χ0n) is 32.7. The number of H-pyrrole nitrogens is 1. The number of hydrogen-bond donors (Lipinski definition) is 6. The molecule has 19 heteroatoms. The van der Waals surface area contributed by atoms with Gasteiger partial charge in [-0.1, -0.05) is 0 Å². The third-order valence-corrected chi connectivity index (χ3v) is 11.8. The van der Waals surface area contributed by atoms with Gasteiger partial charge in [-0.15, -0.1) is 11.8 Å². The van der Waals surface area contributed by atoms with E-state index in [-0.39, 0.29) is 64.3 Å². The van der Waals surface area contributed by atoms with Crippen molar-refractivity contribution in [1.29, 1.82) is 0 Å². The number of carboxylic acids is 1. The summed E-state index contributed by atoms with van der Waals surface area (Å²) in [6, 6.07) is 1.77. The van der Waals surface area contributed by atoms with Crippen LogP contribution in [0.1, 0.15) is 44.9 Å². The summed E-state index contributed by atoms with van der Waals surface area (Å²) in [5.74, 6) is 6.16. The Hall–Kier alpha value is -3.19. The van der Waals surface area contributed by atoms with Gasteiger partial charge in [-0.25, -0.2) is 4.79 Å². The maximum absolute atomic E-state index is 12.1. The van der Waals surface area contributed by atoms with Gasteiger partial charge in [0.1, 0.15) is 43.0 Å². The first-order valence-electron chi connectivity index (χ1n) is 19.9. The number of carbonyl (C=O) groups is 3. The smallest absolute Gasteiger partial charge is 0.407 e. The Labute approximate surface area is 359 Å². The highest BCUT2D eigenvalue weighted by Crippen LogP contribution is 2.52. The zero-order chi connectivity index (χ0) is 42.1. The van der Waals surface area contributed by atoms with Crippen molar-refractivity contribution < 1.29 is 72.7 Å². The molecule has 3 aliphatic carbocycles. The number of esters is 1. The lowest BCUT2D eigenvalue weighted by Gasteiger charge is -2.38. The molecule has 8 atom stereocenters. The number of aliphatic hydroxyl groups excluding tert-OH is 3. The van der Waals surface area contributed by atoms with Gasteiger partial charge in [-0.2, -0.15) is 0 Å². The monoisotopic (exact) mass is 960 g/mol. The molecule has 59 heavy (non-hydrogen) atoms. The fourth-order valence-corrected chi connectivity index (χ4v) is 8.84. The quantitative estimate of drug-likeness (QED) is 0.0475. The Balaban J connectivity index is 0.826. The van der Waals surface area contributed by atoms with Crippen LogP contribution >= 0.6 is 31.9 Å². The summed E-state index contributed by atoms with van der Waals surface area (Å²) in [4.78, 5) is 38.6. The molecule has 2 fully saturated rings. The highest BCUT2D eigenvalue weighted by atomic mass is 79.9. The van der Waals surface area contributed by atoms with Crippen molar-refractivity contribution in [2.24, 2.45) is 23.7 Å². The number of aliphatic hydroxyl groups is 3. The van der Waals surface area contributed by atoms with E-state index < -0.39 is 42.4 Å². The Kier molecular flexibility index (Phi) is 19.3. The molecule has 5 rings (SSSR count). The van der Waals surface area contributed by atoms with Crippen molar-refractivity contribution >= 4 is 60.8 Å². The van der Waals surface area contributed by atoms with E-state index in [9.17, 15) is 34.8 Å². The molecule has 1 unspecified atom stereocenters. The molecule has 17 nitrogen and oxygen atoms in total. The minimum Gasteiger partial charge on any atom is -0.489 e. The van der Waals surface area contributed by atoms with Crippen LogP contribution in [0.3, 0.4) is 0 Å². The molecule has 0 aliphatic heterocycles. The van der Waals surface area contributed by atoms with Crippen LogP contribution in [-0.4, -0.2) is 147 Å². The van der Waals surface area contributed by atoms with Gasteiger partial charge >= 0.3 is 18.0 Å². The normalized spacial score (nSPS) is 24.8. The number of benzene rings is 1. The van der Waals surface area contributed by atoms with Crippen LogP contribution in [-0.2, 0) is 38.0 Å². The lowest BCUT2D eigenvalue weighted by Crippen LogP contribution is -2.57. The standard InChI is InChI=1S/C40H54Br2N2O15/c41-28-21-29-33(31(22-44-29)59-30-20-26(39(49)50)35(46)37(48)36(30)47)34(42)38(28)56-18-16-54-14-15-55-17-19-57-40(51)43-9-11-53-13-12-52-10-5-8-32(45)58-23-27-24-6-3-1-2-4-7-25(24)27/h21-22,24-27,30,35-37,44,46-48H,3-20,23H2,(H,43,51)(H,49,50)/t24-,25+,26-,27?,30+,35+,36-,37-/m0/s1. The number of rotatable bonds is 25. The summed E-state index contributed by atoms with van der Waals surface area (Å²) in [6.07, 6.45) is -0.113. The number of amides is 1. The van der Waals surface area contributed by atoms with Crippen molar-refractivity contribution in [2.45, 2.75) is 69.4 Å². The van der Waals surface area contributed by atoms with E-state index in [1.165, 1.54) is 0 Å². The number of hydrogen-bond acceptors (Lipinski definition) is 14. The van der Waals surface area contributed by atoms with Crippen LogP contribution in [0, 0.1) is 35.5 Å². The van der Waals surface area contributed by atoms with Gasteiger partial charge in [0.2, 0.25) is 0 Å². The van der Waals surface area contributed by atoms with Crippen molar-refractivity contribution in [3.63, 3.8) is 0 Å². The fraction of sp³-hybridized carbons (Fsp3) is 0.675. The first-order valence-corrected chi connectivity index (χ1v) is 21.5. The van der Waals surface area contributed by atoms with Crippen LogP contribution in [0.15, 0.2) is 21.2 Å². The lowest BCUT2D eigenvalue weighted by molar-refractivity contribution is -0.174. The van der Waals surface area contributed by atoms with E-state index in [1.54, 1.807) is 12.3 Å². The molecule has 2 saturated carbocycles. The summed E-state index contributed by atoms with van der Waals surface area (Å²) in [5, 5.41) is 43.4. The Morgan fingerprint density at radius 2 is 1.46 bits per heavy atom. The number of aromatic nitrogens is 1. The maximum Gasteiger partial charge on any atom is 0.407 e. The minimum absolute atomic E-state index is 0.0615. The predicted octanol–water partition coefficient (Wildman–Crippen LogP) is 3.56. The second-order valence-electron chi connectivity index (χ2n) is 14.5. The third kappa shape index (κ3) is 14.2. The summed E-state index contributed by atoms with van der Waals surface area (Å²) in [6.45, 7) is 3.49. The molecule has 1 aromatic carbocycles. The minimum atomic E-state index is -1.69. The average molecular weight is 963 g/mol. The Morgan fingerprint density at radius 3 is 2.15 bits per heavy atom. The molecule has 6 N–H and O–H groups in total. The molecule has 1 heterocycles. The molecule has 0 bridgehead atoms. The highest BCUT2D eigenvalue weighted by Gasteiger charge is 2.49. The largest absolute Gasteiger partial charge is 0.489 e. The predicted molar refractivity (Wildman–Crippen MR) is 217 cm³/mol. The molecule has 0 radical (unpaired) electrons. The third-order valence-electron chi connectivity index (χ3n) is 10.5. The number of carboxylic acid groups (broad SMARTS) is 1. The second kappa shape index (κ2) is 24.3. The number of alkyl carbamates (subject to hydrolysis) is 1. The van der Waals surface area contributed by atoms with Crippen molar-refractivity contribution in [3.05, 3.63) is 21.2 Å². The number of fused-ring (bicyclic) bond motifs is 2. The molecular formula is C40H54Br2N2O15. The van der Waals surface area contributed by atoms with Gasteiger partial charge < -0.3 is 68.6 Å².